The topological polar surface area (TPSA) is 45.2 Å². The maximum atomic E-state index is 12.9. The van der Waals surface area contributed by atoms with Gasteiger partial charge in [0.15, 0.2) is 0 Å². The lowest BCUT2D eigenvalue weighted by Crippen LogP contribution is -2.34. The summed E-state index contributed by atoms with van der Waals surface area (Å²) in [5.41, 5.74) is 0.728. The second-order valence-corrected chi connectivity index (χ2v) is 3.83. The number of carbonyl (C=O) groups excluding carboxylic acids is 1. The van der Waals surface area contributed by atoms with E-state index < -0.39 is 0 Å². The van der Waals surface area contributed by atoms with Gasteiger partial charge in [0.05, 0.1) is 12.7 Å². The molecule has 1 aromatic heterocycles. The number of carbonyl (C=O) groups is 1. The Bertz CT molecular complexity index is 368. The third-order valence-electron chi connectivity index (χ3n) is 2.28. The van der Waals surface area contributed by atoms with Gasteiger partial charge in [-0.2, -0.15) is 0 Å². The van der Waals surface area contributed by atoms with Crippen LogP contribution in [0.15, 0.2) is 18.5 Å². The molecule has 0 unspecified atom stereocenters. The summed E-state index contributed by atoms with van der Waals surface area (Å²) in [6, 6.07) is 1.30. The molecule has 0 spiro atoms. The van der Waals surface area contributed by atoms with Gasteiger partial charge in [-0.05, 0) is 18.6 Å². The minimum atomic E-state index is -0.370. The fourth-order valence-corrected chi connectivity index (χ4v) is 1.18. The number of rotatable bonds is 4. The van der Waals surface area contributed by atoms with Crippen LogP contribution < -0.4 is 5.32 Å². The first-order valence-electron chi connectivity index (χ1n) is 5.04. The first kappa shape index (κ1) is 12.6. The molecular weight excluding hydrogens is 209 g/mol. The minimum absolute atomic E-state index is 0.0174. The zero-order valence-electron chi connectivity index (χ0n) is 9.70. The molecular formula is C11H16FN3O. The second-order valence-electron chi connectivity index (χ2n) is 3.83. The molecule has 0 aliphatic heterocycles. The Morgan fingerprint density at radius 1 is 1.56 bits per heavy atom. The van der Waals surface area contributed by atoms with E-state index in [0.29, 0.717) is 0 Å². The molecule has 0 radical (unpaired) electrons. The minimum Gasteiger partial charge on any atom is -0.348 e. The van der Waals surface area contributed by atoms with Crippen LogP contribution in [-0.2, 0) is 4.79 Å². The number of aromatic nitrogens is 1. The fourth-order valence-electron chi connectivity index (χ4n) is 1.18. The molecule has 0 fully saturated rings. The van der Waals surface area contributed by atoms with Crippen molar-refractivity contribution in [2.75, 3.05) is 20.6 Å². The summed E-state index contributed by atoms with van der Waals surface area (Å²) in [4.78, 5) is 16.6. The van der Waals surface area contributed by atoms with Gasteiger partial charge in [0, 0.05) is 26.3 Å². The molecule has 0 bridgehead atoms. The van der Waals surface area contributed by atoms with E-state index in [0.717, 1.165) is 11.8 Å². The van der Waals surface area contributed by atoms with Crippen molar-refractivity contribution in [3.8, 4) is 0 Å². The maximum absolute atomic E-state index is 12.9. The summed E-state index contributed by atoms with van der Waals surface area (Å²) in [6.07, 6.45) is 2.74. The smallest absolute Gasteiger partial charge is 0.236 e. The molecule has 0 saturated heterocycles. The van der Waals surface area contributed by atoms with Crippen LogP contribution >= 0.6 is 0 Å². The maximum Gasteiger partial charge on any atom is 0.236 e. The van der Waals surface area contributed by atoms with Gasteiger partial charge < -0.3 is 10.2 Å². The predicted molar refractivity (Wildman–Crippen MR) is 59.3 cm³/mol. The zero-order valence-corrected chi connectivity index (χ0v) is 9.70. The number of nitrogens with zero attached hydrogens (tertiary/aromatic N) is 2. The van der Waals surface area contributed by atoms with Crippen LogP contribution in [0.4, 0.5) is 4.39 Å². The zero-order chi connectivity index (χ0) is 12.1. The molecule has 0 aromatic carbocycles. The third-order valence-corrected chi connectivity index (χ3v) is 2.28. The van der Waals surface area contributed by atoms with Gasteiger partial charge in [-0.3, -0.25) is 9.78 Å². The first-order chi connectivity index (χ1) is 7.50. The van der Waals surface area contributed by atoms with E-state index >= 15 is 0 Å². The molecule has 88 valence electrons. The normalized spacial score (nSPS) is 12.2. The molecule has 1 rings (SSSR count). The van der Waals surface area contributed by atoms with Crippen molar-refractivity contribution >= 4 is 5.91 Å². The highest BCUT2D eigenvalue weighted by molar-refractivity contribution is 5.77. The lowest BCUT2D eigenvalue weighted by molar-refractivity contribution is -0.127. The molecule has 1 heterocycles. The van der Waals surface area contributed by atoms with E-state index in [1.54, 1.807) is 20.3 Å². The highest BCUT2D eigenvalue weighted by Gasteiger charge is 2.09. The van der Waals surface area contributed by atoms with Crippen molar-refractivity contribution in [3.05, 3.63) is 29.8 Å². The summed E-state index contributed by atoms with van der Waals surface area (Å²) in [6.45, 7) is 2.09. The number of hydrogen-bond donors (Lipinski definition) is 1. The average molecular weight is 225 g/mol. The lowest BCUT2D eigenvalue weighted by atomic mass is 10.1. The quantitative estimate of drug-likeness (QED) is 0.830. The van der Waals surface area contributed by atoms with Crippen molar-refractivity contribution in [1.29, 1.82) is 0 Å². The Morgan fingerprint density at radius 2 is 2.25 bits per heavy atom. The van der Waals surface area contributed by atoms with E-state index in [1.165, 1.54) is 11.0 Å². The van der Waals surface area contributed by atoms with Gasteiger partial charge in [-0.15, -0.1) is 0 Å². The Kier molecular flexibility index (Phi) is 4.37. The first-order valence-corrected chi connectivity index (χ1v) is 5.04. The number of pyridine rings is 1. The number of nitrogens with one attached hydrogen (secondary N) is 1. The van der Waals surface area contributed by atoms with Crippen molar-refractivity contribution in [2.45, 2.75) is 13.0 Å². The van der Waals surface area contributed by atoms with E-state index in [2.05, 4.69) is 10.3 Å². The van der Waals surface area contributed by atoms with Gasteiger partial charge in [-0.1, -0.05) is 0 Å². The molecule has 1 atom stereocenters. The second kappa shape index (κ2) is 5.55. The predicted octanol–water partition coefficient (Wildman–Crippen LogP) is 0.959. The van der Waals surface area contributed by atoms with Crippen LogP contribution in [0.25, 0.3) is 0 Å². The third kappa shape index (κ3) is 3.58. The SMILES string of the molecule is C[C@H](NCC(=O)N(C)C)c1cncc(F)c1. The molecule has 16 heavy (non-hydrogen) atoms. The standard InChI is InChI=1S/C11H16FN3O/c1-8(14-7-11(16)15(2)3)9-4-10(12)6-13-5-9/h4-6,8,14H,7H2,1-3H3/t8-/m0/s1. The molecule has 4 nitrogen and oxygen atoms in total. The van der Waals surface area contributed by atoms with Crippen LogP contribution in [0.5, 0.6) is 0 Å². The largest absolute Gasteiger partial charge is 0.348 e. The molecule has 0 saturated carbocycles. The summed E-state index contributed by atoms with van der Waals surface area (Å²) >= 11 is 0. The van der Waals surface area contributed by atoms with E-state index in [9.17, 15) is 9.18 Å². The van der Waals surface area contributed by atoms with Crippen molar-refractivity contribution in [2.24, 2.45) is 0 Å². The molecule has 1 amide bonds. The monoisotopic (exact) mass is 225 g/mol. The Hall–Kier alpha value is -1.49. The van der Waals surface area contributed by atoms with Crippen molar-refractivity contribution in [3.63, 3.8) is 0 Å². The van der Waals surface area contributed by atoms with Crippen molar-refractivity contribution < 1.29 is 9.18 Å². The van der Waals surface area contributed by atoms with E-state index in [4.69, 9.17) is 0 Å². The highest BCUT2D eigenvalue weighted by Crippen LogP contribution is 2.11. The van der Waals surface area contributed by atoms with Gasteiger partial charge in [-0.25, -0.2) is 4.39 Å². The van der Waals surface area contributed by atoms with Crippen molar-refractivity contribution in [1.82, 2.24) is 15.2 Å². The summed E-state index contributed by atoms with van der Waals surface area (Å²) in [5.74, 6) is -0.388. The average Bonchev–Trinajstić information content (AvgIpc) is 2.25. The number of hydrogen-bond acceptors (Lipinski definition) is 3. The van der Waals surface area contributed by atoms with Crippen LogP contribution in [0.1, 0.15) is 18.5 Å². The van der Waals surface area contributed by atoms with Gasteiger partial charge in [0.2, 0.25) is 5.91 Å². The molecule has 1 N–H and O–H groups in total. The summed E-state index contributed by atoms with van der Waals surface area (Å²) < 4.78 is 12.9. The Labute approximate surface area is 94.5 Å². The van der Waals surface area contributed by atoms with Gasteiger partial charge in [0.1, 0.15) is 5.82 Å². The number of amides is 1. The van der Waals surface area contributed by atoms with E-state index in [1.807, 2.05) is 6.92 Å². The van der Waals surface area contributed by atoms with Crippen LogP contribution in [0.3, 0.4) is 0 Å². The summed E-state index contributed by atoms with van der Waals surface area (Å²) in [5, 5.41) is 3.01. The fraction of sp³-hybridized carbons (Fsp3) is 0.455. The highest BCUT2D eigenvalue weighted by atomic mass is 19.1. The number of halogens is 1. The van der Waals surface area contributed by atoms with Gasteiger partial charge in [0.25, 0.3) is 0 Å². The molecule has 0 aliphatic rings. The van der Waals surface area contributed by atoms with Crippen LogP contribution in [0.2, 0.25) is 0 Å². The Balaban J connectivity index is 2.53. The van der Waals surface area contributed by atoms with E-state index in [-0.39, 0.29) is 24.3 Å². The lowest BCUT2D eigenvalue weighted by Gasteiger charge is -2.16. The van der Waals surface area contributed by atoms with Gasteiger partial charge >= 0.3 is 0 Å². The molecule has 0 aliphatic carbocycles. The molecule has 5 heteroatoms. The molecule has 1 aromatic rings. The van der Waals surface area contributed by atoms with Crippen LogP contribution in [0, 0.1) is 5.82 Å². The number of likely N-dealkylation sites (N-methyl/N-ethyl adjacent to an activating group) is 1. The Morgan fingerprint density at radius 3 is 2.81 bits per heavy atom. The van der Waals surface area contributed by atoms with Crippen LogP contribution in [-0.4, -0.2) is 36.4 Å². The summed E-state index contributed by atoms with van der Waals surface area (Å²) in [7, 11) is 3.39.